The van der Waals surface area contributed by atoms with E-state index in [2.05, 4.69) is 43.1 Å². The van der Waals surface area contributed by atoms with Gasteiger partial charge in [-0.05, 0) is 43.5 Å². The van der Waals surface area contributed by atoms with Gasteiger partial charge >= 0.3 is 0 Å². The lowest BCUT2D eigenvalue weighted by molar-refractivity contribution is 0.0459. The zero-order valence-corrected chi connectivity index (χ0v) is 14.1. The molecule has 118 valence electrons. The lowest BCUT2D eigenvalue weighted by Crippen LogP contribution is -2.38. The standard InChI is InChI=1S/C17H27ClN2O/c1-4-21-16-7-9-20(10-8-16)17-6-5-15(18)11-14(17)12-19-13(2)3/h5-6,11,13,16,19H,4,7-10,12H2,1-3H3. The quantitative estimate of drug-likeness (QED) is 0.864. The predicted molar refractivity (Wildman–Crippen MR) is 90.3 cm³/mol. The van der Waals surface area contributed by atoms with Gasteiger partial charge in [0.25, 0.3) is 0 Å². The molecule has 1 aromatic carbocycles. The van der Waals surface area contributed by atoms with Gasteiger partial charge in [0.15, 0.2) is 0 Å². The van der Waals surface area contributed by atoms with Gasteiger partial charge in [0.1, 0.15) is 0 Å². The average Bonchev–Trinajstić information content (AvgIpc) is 2.46. The molecule has 0 aliphatic carbocycles. The molecular weight excluding hydrogens is 284 g/mol. The molecule has 0 aromatic heterocycles. The highest BCUT2D eigenvalue weighted by Crippen LogP contribution is 2.27. The van der Waals surface area contributed by atoms with Crippen LogP contribution in [0.2, 0.25) is 5.02 Å². The zero-order chi connectivity index (χ0) is 15.2. The van der Waals surface area contributed by atoms with Crippen molar-refractivity contribution in [3.05, 3.63) is 28.8 Å². The molecule has 1 aliphatic rings. The van der Waals surface area contributed by atoms with E-state index in [-0.39, 0.29) is 0 Å². The molecule has 4 heteroatoms. The lowest BCUT2D eigenvalue weighted by atomic mass is 10.0. The van der Waals surface area contributed by atoms with Gasteiger partial charge in [0, 0.05) is 43.0 Å². The molecule has 1 N–H and O–H groups in total. The smallest absolute Gasteiger partial charge is 0.0608 e. The Morgan fingerprint density at radius 3 is 2.67 bits per heavy atom. The van der Waals surface area contributed by atoms with Crippen molar-refractivity contribution < 1.29 is 4.74 Å². The summed E-state index contributed by atoms with van der Waals surface area (Å²) < 4.78 is 5.74. The Balaban J connectivity index is 2.05. The van der Waals surface area contributed by atoms with E-state index >= 15 is 0 Å². The van der Waals surface area contributed by atoms with Crippen molar-refractivity contribution in [3.8, 4) is 0 Å². The summed E-state index contributed by atoms with van der Waals surface area (Å²) in [6, 6.07) is 6.70. The van der Waals surface area contributed by atoms with Crippen molar-refractivity contribution in [1.82, 2.24) is 5.32 Å². The van der Waals surface area contributed by atoms with E-state index in [0.717, 1.165) is 44.1 Å². The molecule has 0 atom stereocenters. The number of nitrogens with one attached hydrogen (secondary N) is 1. The van der Waals surface area contributed by atoms with Gasteiger partial charge in [-0.1, -0.05) is 25.4 Å². The van der Waals surface area contributed by atoms with Crippen LogP contribution in [0.25, 0.3) is 0 Å². The Bertz CT molecular complexity index is 442. The molecule has 0 unspecified atom stereocenters. The first kappa shape index (κ1) is 16.6. The maximum Gasteiger partial charge on any atom is 0.0608 e. The first-order chi connectivity index (χ1) is 10.1. The summed E-state index contributed by atoms with van der Waals surface area (Å²) in [6.45, 7) is 10.2. The van der Waals surface area contributed by atoms with Gasteiger partial charge in [0.2, 0.25) is 0 Å². The van der Waals surface area contributed by atoms with Crippen LogP contribution in [0.15, 0.2) is 18.2 Å². The van der Waals surface area contributed by atoms with Gasteiger partial charge in [-0.15, -0.1) is 0 Å². The largest absolute Gasteiger partial charge is 0.378 e. The Labute approximate surface area is 133 Å². The maximum absolute atomic E-state index is 6.17. The molecule has 2 rings (SSSR count). The molecule has 1 heterocycles. The molecule has 1 aromatic rings. The highest BCUT2D eigenvalue weighted by molar-refractivity contribution is 6.30. The highest BCUT2D eigenvalue weighted by atomic mass is 35.5. The molecule has 0 saturated carbocycles. The second kappa shape index (κ2) is 8.02. The number of ether oxygens (including phenoxy) is 1. The Kier molecular flexibility index (Phi) is 6.34. The summed E-state index contributed by atoms with van der Waals surface area (Å²) in [5.41, 5.74) is 2.59. The molecule has 3 nitrogen and oxygen atoms in total. The van der Waals surface area contributed by atoms with E-state index in [9.17, 15) is 0 Å². The monoisotopic (exact) mass is 310 g/mol. The Morgan fingerprint density at radius 2 is 2.05 bits per heavy atom. The Hall–Kier alpha value is -0.770. The fraction of sp³-hybridized carbons (Fsp3) is 0.647. The third-order valence-corrected chi connectivity index (χ3v) is 4.16. The van der Waals surface area contributed by atoms with Crippen molar-refractivity contribution in [3.63, 3.8) is 0 Å². The van der Waals surface area contributed by atoms with Crippen molar-refractivity contribution in [2.75, 3.05) is 24.6 Å². The van der Waals surface area contributed by atoms with Crippen LogP contribution in [-0.2, 0) is 11.3 Å². The van der Waals surface area contributed by atoms with Crippen molar-refractivity contribution in [2.45, 2.75) is 52.3 Å². The van der Waals surface area contributed by atoms with Crippen molar-refractivity contribution >= 4 is 17.3 Å². The second-order valence-electron chi connectivity index (χ2n) is 5.95. The topological polar surface area (TPSA) is 24.5 Å². The van der Waals surface area contributed by atoms with Crippen molar-refractivity contribution in [1.29, 1.82) is 0 Å². The molecule has 0 amide bonds. The van der Waals surface area contributed by atoms with Crippen LogP contribution in [0.5, 0.6) is 0 Å². The minimum atomic E-state index is 0.427. The summed E-state index contributed by atoms with van der Waals surface area (Å²) in [4.78, 5) is 2.46. The number of rotatable bonds is 6. The van der Waals surface area contributed by atoms with E-state index in [1.807, 2.05) is 6.07 Å². The SMILES string of the molecule is CCOC1CCN(c2ccc(Cl)cc2CNC(C)C)CC1. The van der Waals surface area contributed by atoms with Gasteiger partial charge < -0.3 is 15.0 Å². The minimum Gasteiger partial charge on any atom is -0.378 e. The fourth-order valence-electron chi connectivity index (χ4n) is 2.82. The molecule has 1 saturated heterocycles. The van der Waals surface area contributed by atoms with E-state index in [1.165, 1.54) is 11.3 Å². The predicted octanol–water partition coefficient (Wildman–Crippen LogP) is 3.84. The zero-order valence-electron chi connectivity index (χ0n) is 13.4. The summed E-state index contributed by atoms with van der Waals surface area (Å²) >= 11 is 6.17. The number of benzene rings is 1. The number of anilines is 1. The fourth-order valence-corrected chi connectivity index (χ4v) is 3.01. The minimum absolute atomic E-state index is 0.427. The number of piperidine rings is 1. The van der Waals surface area contributed by atoms with Crippen LogP contribution in [0.4, 0.5) is 5.69 Å². The number of hydrogen-bond acceptors (Lipinski definition) is 3. The maximum atomic E-state index is 6.17. The van der Waals surface area contributed by atoms with Crippen LogP contribution in [0.1, 0.15) is 39.2 Å². The second-order valence-corrected chi connectivity index (χ2v) is 6.39. The van der Waals surface area contributed by atoms with Crippen LogP contribution >= 0.6 is 11.6 Å². The number of halogens is 1. The summed E-state index contributed by atoms with van der Waals surface area (Å²) in [7, 11) is 0. The molecule has 0 spiro atoms. The van der Waals surface area contributed by atoms with Gasteiger partial charge in [0.05, 0.1) is 6.10 Å². The van der Waals surface area contributed by atoms with Crippen LogP contribution < -0.4 is 10.2 Å². The summed E-state index contributed by atoms with van der Waals surface area (Å²) in [6.07, 6.45) is 2.64. The molecule has 21 heavy (non-hydrogen) atoms. The van der Waals surface area contributed by atoms with Gasteiger partial charge in [-0.3, -0.25) is 0 Å². The first-order valence-electron chi connectivity index (χ1n) is 7.98. The van der Waals surface area contributed by atoms with E-state index in [1.54, 1.807) is 0 Å². The molecule has 1 fully saturated rings. The van der Waals surface area contributed by atoms with E-state index < -0.39 is 0 Å². The van der Waals surface area contributed by atoms with Crippen molar-refractivity contribution in [2.24, 2.45) is 0 Å². The third-order valence-electron chi connectivity index (χ3n) is 3.93. The van der Waals surface area contributed by atoms with Gasteiger partial charge in [-0.2, -0.15) is 0 Å². The molecule has 1 aliphatic heterocycles. The normalized spacial score (nSPS) is 16.7. The Morgan fingerprint density at radius 1 is 1.33 bits per heavy atom. The average molecular weight is 311 g/mol. The molecule has 0 bridgehead atoms. The molecular formula is C17H27ClN2O. The summed E-state index contributed by atoms with van der Waals surface area (Å²) in [5.74, 6) is 0. The number of hydrogen-bond donors (Lipinski definition) is 1. The lowest BCUT2D eigenvalue weighted by Gasteiger charge is -2.34. The third kappa shape index (κ3) is 4.87. The first-order valence-corrected chi connectivity index (χ1v) is 8.36. The van der Waals surface area contributed by atoms with Crippen LogP contribution in [-0.4, -0.2) is 31.8 Å². The van der Waals surface area contributed by atoms with E-state index in [0.29, 0.717) is 12.1 Å². The van der Waals surface area contributed by atoms with E-state index in [4.69, 9.17) is 16.3 Å². The number of nitrogens with zero attached hydrogens (tertiary/aromatic N) is 1. The van der Waals surface area contributed by atoms with Crippen LogP contribution in [0.3, 0.4) is 0 Å². The molecule has 0 radical (unpaired) electrons. The highest BCUT2D eigenvalue weighted by Gasteiger charge is 2.21. The summed E-state index contributed by atoms with van der Waals surface area (Å²) in [5, 5.41) is 4.30. The van der Waals surface area contributed by atoms with Crippen LogP contribution in [0, 0.1) is 0 Å². The van der Waals surface area contributed by atoms with Gasteiger partial charge in [-0.25, -0.2) is 0 Å².